The van der Waals surface area contributed by atoms with E-state index in [9.17, 15) is 9.18 Å². The van der Waals surface area contributed by atoms with Crippen molar-refractivity contribution >= 4 is 11.6 Å². The van der Waals surface area contributed by atoms with E-state index in [0.717, 1.165) is 11.3 Å². The Hall–Kier alpha value is -2.69. The fourth-order valence-electron chi connectivity index (χ4n) is 2.46. The van der Waals surface area contributed by atoms with Crippen LogP contribution < -0.4 is 5.32 Å². The Balaban J connectivity index is 1.62. The van der Waals surface area contributed by atoms with Crippen LogP contribution in [-0.4, -0.2) is 17.2 Å². The van der Waals surface area contributed by atoms with Gasteiger partial charge in [-0.1, -0.05) is 47.6 Å². The van der Waals surface area contributed by atoms with Gasteiger partial charge in [-0.2, -0.15) is 0 Å². The molecule has 1 heterocycles. The minimum Gasteiger partial charge on any atom is -0.379 e. The summed E-state index contributed by atoms with van der Waals surface area (Å²) < 4.78 is 13.2. The topological polar surface area (TPSA) is 50.7 Å². The summed E-state index contributed by atoms with van der Waals surface area (Å²) in [6.45, 7) is 1.95. The zero-order valence-electron chi connectivity index (χ0n) is 12.8. The molecular formula is C18H17FN2O2. The lowest BCUT2D eigenvalue weighted by molar-refractivity contribution is -0.141. The Morgan fingerprint density at radius 1 is 1.26 bits per heavy atom. The Morgan fingerprint density at radius 2 is 2.04 bits per heavy atom. The molecule has 4 nitrogen and oxygen atoms in total. The van der Waals surface area contributed by atoms with E-state index in [0.29, 0.717) is 12.0 Å². The van der Waals surface area contributed by atoms with E-state index in [1.807, 2.05) is 30.3 Å². The van der Waals surface area contributed by atoms with Gasteiger partial charge in [0.15, 0.2) is 0 Å². The number of hydrogen-bond donors (Lipinski definition) is 1. The van der Waals surface area contributed by atoms with Gasteiger partial charge in [0.25, 0.3) is 5.91 Å². The SMILES string of the molecule is C[C@@]1(C(=O)NCc2cccc(F)c2)CC(c2ccccc2)=NO1. The number of rotatable bonds is 4. The maximum atomic E-state index is 13.2. The van der Waals surface area contributed by atoms with E-state index in [1.54, 1.807) is 19.1 Å². The molecule has 1 aliphatic rings. The van der Waals surface area contributed by atoms with E-state index in [2.05, 4.69) is 10.5 Å². The molecule has 2 aromatic carbocycles. The minimum atomic E-state index is -1.04. The number of carbonyl (C=O) groups is 1. The molecule has 0 saturated heterocycles. The summed E-state index contributed by atoms with van der Waals surface area (Å²) >= 11 is 0. The van der Waals surface area contributed by atoms with Crippen molar-refractivity contribution in [1.29, 1.82) is 0 Å². The molecule has 0 unspecified atom stereocenters. The van der Waals surface area contributed by atoms with Crippen LogP contribution in [0.2, 0.25) is 0 Å². The number of nitrogens with one attached hydrogen (secondary N) is 1. The summed E-state index contributed by atoms with van der Waals surface area (Å²) in [5.74, 6) is -0.591. The third-order valence-corrected chi connectivity index (χ3v) is 3.79. The van der Waals surface area contributed by atoms with Gasteiger partial charge in [0.05, 0.1) is 5.71 Å². The second-order valence-electron chi connectivity index (χ2n) is 5.72. The quantitative estimate of drug-likeness (QED) is 0.943. The van der Waals surface area contributed by atoms with Crippen molar-refractivity contribution in [1.82, 2.24) is 5.32 Å². The smallest absolute Gasteiger partial charge is 0.267 e. The number of halogens is 1. The molecule has 2 aromatic rings. The number of oxime groups is 1. The fraction of sp³-hybridized carbons (Fsp3) is 0.222. The van der Waals surface area contributed by atoms with Crippen LogP contribution in [0, 0.1) is 5.82 Å². The predicted molar refractivity (Wildman–Crippen MR) is 85.3 cm³/mol. The molecule has 23 heavy (non-hydrogen) atoms. The lowest BCUT2D eigenvalue weighted by Crippen LogP contribution is -2.44. The Morgan fingerprint density at radius 3 is 2.78 bits per heavy atom. The van der Waals surface area contributed by atoms with Crippen molar-refractivity contribution < 1.29 is 14.0 Å². The standard InChI is InChI=1S/C18H17FN2O2/c1-18(11-16(21-23-18)14-7-3-2-4-8-14)17(22)20-12-13-6-5-9-15(19)10-13/h2-10H,11-12H2,1H3,(H,20,22)/t18-/m0/s1. The van der Waals surface area contributed by atoms with Crippen LogP contribution in [0.3, 0.4) is 0 Å². The Labute approximate surface area is 134 Å². The molecule has 1 atom stereocenters. The highest BCUT2D eigenvalue weighted by molar-refractivity contribution is 6.05. The largest absolute Gasteiger partial charge is 0.379 e. The van der Waals surface area contributed by atoms with Crippen LogP contribution in [0.25, 0.3) is 0 Å². The molecular weight excluding hydrogens is 295 g/mol. The van der Waals surface area contributed by atoms with Gasteiger partial charge in [-0.05, 0) is 30.2 Å². The molecule has 0 bridgehead atoms. The maximum Gasteiger partial charge on any atom is 0.267 e. The number of hydrogen-bond acceptors (Lipinski definition) is 3. The van der Waals surface area contributed by atoms with Crippen molar-refractivity contribution in [2.24, 2.45) is 5.16 Å². The second kappa shape index (κ2) is 6.20. The summed E-state index contributed by atoms with van der Waals surface area (Å²) in [4.78, 5) is 17.8. The number of benzene rings is 2. The third kappa shape index (κ3) is 3.39. The van der Waals surface area contributed by atoms with Gasteiger partial charge in [-0.3, -0.25) is 4.79 Å². The first-order valence-electron chi connectivity index (χ1n) is 7.40. The van der Waals surface area contributed by atoms with E-state index < -0.39 is 5.60 Å². The van der Waals surface area contributed by atoms with Gasteiger partial charge < -0.3 is 10.2 Å². The molecule has 1 aliphatic heterocycles. The highest BCUT2D eigenvalue weighted by Gasteiger charge is 2.42. The lowest BCUT2D eigenvalue weighted by Gasteiger charge is -2.20. The highest BCUT2D eigenvalue weighted by atomic mass is 19.1. The zero-order valence-corrected chi connectivity index (χ0v) is 12.8. The normalized spacial score (nSPS) is 19.8. The molecule has 3 rings (SSSR count). The molecule has 0 radical (unpaired) electrons. The van der Waals surface area contributed by atoms with Crippen molar-refractivity contribution in [2.75, 3.05) is 0 Å². The van der Waals surface area contributed by atoms with Crippen LogP contribution in [0.15, 0.2) is 59.8 Å². The van der Waals surface area contributed by atoms with Crippen LogP contribution in [0.4, 0.5) is 4.39 Å². The van der Waals surface area contributed by atoms with Gasteiger partial charge in [-0.15, -0.1) is 0 Å². The summed E-state index contributed by atoms with van der Waals surface area (Å²) in [7, 11) is 0. The molecule has 118 valence electrons. The van der Waals surface area contributed by atoms with Crippen molar-refractivity contribution in [3.63, 3.8) is 0 Å². The molecule has 0 saturated carbocycles. The first-order chi connectivity index (χ1) is 11.1. The van der Waals surface area contributed by atoms with Gasteiger partial charge in [0, 0.05) is 13.0 Å². The third-order valence-electron chi connectivity index (χ3n) is 3.79. The average Bonchev–Trinajstić information content (AvgIpc) is 2.97. The van der Waals surface area contributed by atoms with Crippen molar-refractivity contribution in [3.8, 4) is 0 Å². The van der Waals surface area contributed by atoms with Crippen LogP contribution in [-0.2, 0) is 16.2 Å². The van der Waals surface area contributed by atoms with Gasteiger partial charge in [0.1, 0.15) is 5.82 Å². The first-order valence-corrected chi connectivity index (χ1v) is 7.40. The Bertz CT molecular complexity index is 746. The van der Waals surface area contributed by atoms with Crippen molar-refractivity contribution in [2.45, 2.75) is 25.5 Å². The average molecular weight is 312 g/mol. The molecule has 0 aliphatic carbocycles. The van der Waals surface area contributed by atoms with Crippen LogP contribution >= 0.6 is 0 Å². The molecule has 1 N–H and O–H groups in total. The van der Waals surface area contributed by atoms with Gasteiger partial charge in [0.2, 0.25) is 5.60 Å². The van der Waals surface area contributed by atoms with E-state index in [4.69, 9.17) is 4.84 Å². The monoisotopic (exact) mass is 312 g/mol. The summed E-state index contributed by atoms with van der Waals surface area (Å²) in [5, 5.41) is 6.82. The molecule has 5 heteroatoms. The van der Waals surface area contributed by atoms with Gasteiger partial charge in [-0.25, -0.2) is 4.39 Å². The molecule has 1 amide bonds. The maximum absolute atomic E-state index is 13.2. The summed E-state index contributed by atoms with van der Waals surface area (Å²) in [6, 6.07) is 15.7. The molecule has 0 aromatic heterocycles. The van der Waals surface area contributed by atoms with Crippen LogP contribution in [0.1, 0.15) is 24.5 Å². The van der Waals surface area contributed by atoms with Gasteiger partial charge >= 0.3 is 0 Å². The molecule has 0 spiro atoms. The van der Waals surface area contributed by atoms with Crippen molar-refractivity contribution in [3.05, 3.63) is 71.5 Å². The number of nitrogens with zero attached hydrogens (tertiary/aromatic N) is 1. The molecule has 0 fully saturated rings. The zero-order chi connectivity index (χ0) is 16.3. The minimum absolute atomic E-state index is 0.246. The fourth-order valence-corrected chi connectivity index (χ4v) is 2.46. The van der Waals surface area contributed by atoms with Crippen LogP contribution in [0.5, 0.6) is 0 Å². The summed E-state index contributed by atoms with van der Waals surface area (Å²) in [6.07, 6.45) is 0.395. The van der Waals surface area contributed by atoms with E-state index in [-0.39, 0.29) is 18.3 Å². The second-order valence-corrected chi connectivity index (χ2v) is 5.72. The predicted octanol–water partition coefficient (Wildman–Crippen LogP) is 3.03. The summed E-state index contributed by atoms with van der Waals surface area (Å²) in [5.41, 5.74) is 1.34. The highest BCUT2D eigenvalue weighted by Crippen LogP contribution is 2.26. The van der Waals surface area contributed by atoms with E-state index >= 15 is 0 Å². The van der Waals surface area contributed by atoms with E-state index in [1.165, 1.54) is 12.1 Å². The lowest BCUT2D eigenvalue weighted by atomic mass is 9.95. The number of amides is 1. The Kier molecular flexibility index (Phi) is 4.10. The first kappa shape index (κ1) is 15.2. The number of carbonyl (C=O) groups excluding carboxylic acids is 1.